The molecule has 3 aromatic rings. The number of amides is 1. The Kier molecular flexibility index (Phi) is 6.37. The zero-order valence-electron chi connectivity index (χ0n) is 17.4. The predicted octanol–water partition coefficient (Wildman–Crippen LogP) is 3.56. The topological polar surface area (TPSA) is 119 Å². The molecule has 0 aliphatic carbocycles. The summed E-state index contributed by atoms with van der Waals surface area (Å²) in [5.74, 6) is 0.456. The number of piperidine rings is 1. The van der Waals surface area contributed by atoms with E-state index in [4.69, 9.17) is 5.73 Å². The van der Waals surface area contributed by atoms with Crippen LogP contribution in [-0.2, 0) is 13.1 Å². The van der Waals surface area contributed by atoms with Gasteiger partial charge in [0.2, 0.25) is 0 Å². The lowest BCUT2D eigenvalue weighted by Crippen LogP contribution is -2.29. The minimum absolute atomic E-state index is 0.205. The number of likely N-dealkylation sites (tertiary alicyclic amines) is 1. The van der Waals surface area contributed by atoms with Crippen LogP contribution in [0.2, 0.25) is 0 Å². The first-order valence-corrected chi connectivity index (χ1v) is 10.6. The number of carbonyl (C=O) groups is 1. The molecule has 0 bridgehead atoms. The first-order chi connectivity index (χ1) is 15.1. The van der Waals surface area contributed by atoms with Gasteiger partial charge < -0.3 is 21.5 Å². The number of anilines is 3. The van der Waals surface area contributed by atoms with E-state index in [0.717, 1.165) is 30.9 Å². The van der Waals surface area contributed by atoms with Crippen LogP contribution in [0.3, 0.4) is 0 Å². The number of nitrogens with one attached hydrogen (secondary N) is 3. The number of benzene rings is 2. The number of hydrogen-bond acceptors (Lipinski definition) is 6. The quantitative estimate of drug-likeness (QED) is 0.380. The second-order valence-corrected chi connectivity index (χ2v) is 7.87. The highest BCUT2D eigenvalue weighted by atomic mass is 16.3. The summed E-state index contributed by atoms with van der Waals surface area (Å²) in [6.45, 7) is 3.73. The molecule has 2 heterocycles. The van der Waals surface area contributed by atoms with Crippen molar-refractivity contribution >= 4 is 23.2 Å². The Balaban J connectivity index is 1.41. The first-order valence-electron chi connectivity index (χ1n) is 10.6. The van der Waals surface area contributed by atoms with E-state index in [1.165, 1.54) is 24.8 Å². The Morgan fingerprint density at radius 2 is 1.71 bits per heavy atom. The first kappa shape index (κ1) is 20.7. The third kappa shape index (κ3) is 5.35. The Labute approximate surface area is 181 Å². The fourth-order valence-electron chi connectivity index (χ4n) is 3.81. The van der Waals surface area contributed by atoms with Crippen molar-refractivity contribution < 1.29 is 9.90 Å². The van der Waals surface area contributed by atoms with E-state index in [1.54, 1.807) is 24.3 Å². The summed E-state index contributed by atoms with van der Waals surface area (Å²) in [5.41, 5.74) is 8.93. The van der Waals surface area contributed by atoms with Gasteiger partial charge in [-0.1, -0.05) is 30.7 Å². The van der Waals surface area contributed by atoms with Gasteiger partial charge in [-0.2, -0.15) is 5.10 Å². The van der Waals surface area contributed by atoms with Crippen molar-refractivity contribution in [2.24, 2.45) is 5.73 Å². The zero-order valence-corrected chi connectivity index (χ0v) is 17.4. The van der Waals surface area contributed by atoms with Crippen molar-refractivity contribution in [3.8, 4) is 5.75 Å². The van der Waals surface area contributed by atoms with Crippen LogP contribution in [0.4, 0.5) is 17.3 Å². The maximum absolute atomic E-state index is 12.1. The van der Waals surface area contributed by atoms with E-state index in [0.29, 0.717) is 18.2 Å². The molecule has 31 heavy (non-hydrogen) atoms. The second kappa shape index (κ2) is 9.53. The number of rotatable bonds is 8. The molecule has 1 aliphatic heterocycles. The maximum atomic E-state index is 12.1. The van der Waals surface area contributed by atoms with Crippen LogP contribution in [0.5, 0.6) is 5.75 Å². The molecule has 0 radical (unpaired) electrons. The smallest absolute Gasteiger partial charge is 0.256 e. The van der Waals surface area contributed by atoms with Gasteiger partial charge in [-0.25, -0.2) is 0 Å². The van der Waals surface area contributed by atoms with Crippen molar-refractivity contribution in [1.29, 1.82) is 0 Å². The second-order valence-electron chi connectivity index (χ2n) is 7.87. The number of phenols is 1. The Hall–Kier alpha value is -3.52. The molecule has 6 N–H and O–H groups in total. The number of aromatic amines is 1. The average molecular weight is 421 g/mol. The van der Waals surface area contributed by atoms with Crippen LogP contribution < -0.4 is 16.4 Å². The molecule has 1 saturated heterocycles. The largest absolute Gasteiger partial charge is 0.508 e. The monoisotopic (exact) mass is 420 g/mol. The van der Waals surface area contributed by atoms with Gasteiger partial charge >= 0.3 is 0 Å². The molecule has 0 unspecified atom stereocenters. The van der Waals surface area contributed by atoms with Crippen molar-refractivity contribution in [3.63, 3.8) is 0 Å². The number of nitrogens with two attached hydrogens (primary N) is 1. The van der Waals surface area contributed by atoms with Gasteiger partial charge in [0.15, 0.2) is 5.82 Å². The van der Waals surface area contributed by atoms with Crippen LogP contribution in [0.15, 0.2) is 48.5 Å². The van der Waals surface area contributed by atoms with Gasteiger partial charge in [0, 0.05) is 18.8 Å². The van der Waals surface area contributed by atoms with Gasteiger partial charge in [0.1, 0.15) is 17.1 Å². The average Bonchev–Trinajstić information content (AvgIpc) is 3.18. The SMILES string of the molecule is NC(=O)c1c(Nc2ccc(CN3CCCCC3)cc2)n[nH]c1NCc1ccc(O)cc1. The molecule has 162 valence electrons. The lowest BCUT2D eigenvalue weighted by Gasteiger charge is -2.26. The number of phenolic OH excluding ortho intramolecular Hbond substituents is 1. The van der Waals surface area contributed by atoms with Gasteiger partial charge in [-0.3, -0.25) is 14.8 Å². The molecule has 0 saturated carbocycles. The van der Waals surface area contributed by atoms with Crippen molar-refractivity contribution in [2.45, 2.75) is 32.4 Å². The lowest BCUT2D eigenvalue weighted by atomic mass is 10.1. The Morgan fingerprint density at radius 3 is 2.39 bits per heavy atom. The Bertz CT molecular complexity index is 1010. The van der Waals surface area contributed by atoms with Crippen LogP contribution >= 0.6 is 0 Å². The van der Waals surface area contributed by atoms with Gasteiger partial charge in [0.05, 0.1) is 0 Å². The number of H-pyrrole nitrogens is 1. The Morgan fingerprint density at radius 1 is 1.03 bits per heavy atom. The van der Waals surface area contributed by atoms with Gasteiger partial charge in [-0.15, -0.1) is 0 Å². The predicted molar refractivity (Wildman–Crippen MR) is 121 cm³/mol. The van der Waals surface area contributed by atoms with Gasteiger partial charge in [0.25, 0.3) is 5.91 Å². The molecule has 0 atom stereocenters. The van der Waals surface area contributed by atoms with Gasteiger partial charge in [-0.05, 0) is 61.3 Å². The standard InChI is InChI=1S/C23H28N6O2/c24-21(31)20-22(25-14-16-6-10-19(30)11-7-16)27-28-23(20)26-18-8-4-17(5-9-18)15-29-12-2-1-3-13-29/h4-11,30H,1-3,12-15H2,(H2,24,31)(H3,25,26,27,28). The van der Waals surface area contributed by atoms with Crippen LogP contribution in [0.25, 0.3) is 0 Å². The molecule has 1 fully saturated rings. The molecule has 8 nitrogen and oxygen atoms in total. The summed E-state index contributed by atoms with van der Waals surface area (Å²) in [6, 6.07) is 15.0. The highest BCUT2D eigenvalue weighted by Crippen LogP contribution is 2.25. The third-order valence-corrected chi connectivity index (χ3v) is 5.49. The molecular formula is C23H28N6O2. The lowest BCUT2D eigenvalue weighted by molar-refractivity contribution is 0.100. The summed E-state index contributed by atoms with van der Waals surface area (Å²) in [7, 11) is 0. The minimum atomic E-state index is -0.578. The number of aromatic hydroxyl groups is 1. The normalized spacial score (nSPS) is 14.3. The molecule has 4 rings (SSSR count). The van der Waals surface area contributed by atoms with Crippen LogP contribution in [-0.4, -0.2) is 39.2 Å². The number of carbonyl (C=O) groups excluding carboxylic acids is 1. The summed E-state index contributed by atoms with van der Waals surface area (Å²) in [6.07, 6.45) is 3.88. The highest BCUT2D eigenvalue weighted by molar-refractivity contribution is 6.03. The fourth-order valence-corrected chi connectivity index (χ4v) is 3.81. The molecule has 0 spiro atoms. The number of aromatic nitrogens is 2. The molecular weight excluding hydrogens is 392 g/mol. The minimum Gasteiger partial charge on any atom is -0.508 e. The summed E-state index contributed by atoms with van der Waals surface area (Å²) in [5, 5.41) is 22.8. The fraction of sp³-hybridized carbons (Fsp3) is 0.304. The number of primary amides is 1. The van der Waals surface area contributed by atoms with E-state index in [9.17, 15) is 9.90 Å². The third-order valence-electron chi connectivity index (χ3n) is 5.49. The molecule has 1 amide bonds. The number of hydrogen-bond donors (Lipinski definition) is 5. The molecule has 1 aliphatic rings. The van der Waals surface area contributed by atoms with E-state index in [-0.39, 0.29) is 11.3 Å². The maximum Gasteiger partial charge on any atom is 0.256 e. The van der Waals surface area contributed by atoms with E-state index >= 15 is 0 Å². The van der Waals surface area contributed by atoms with Crippen LogP contribution in [0, 0.1) is 0 Å². The zero-order chi connectivity index (χ0) is 21.6. The van der Waals surface area contributed by atoms with E-state index in [1.807, 2.05) is 12.1 Å². The number of nitrogens with zero attached hydrogens (tertiary/aromatic N) is 2. The summed E-state index contributed by atoms with van der Waals surface area (Å²) >= 11 is 0. The highest BCUT2D eigenvalue weighted by Gasteiger charge is 2.18. The van der Waals surface area contributed by atoms with E-state index < -0.39 is 5.91 Å². The van der Waals surface area contributed by atoms with E-state index in [2.05, 4.69) is 37.9 Å². The van der Waals surface area contributed by atoms with Crippen LogP contribution in [0.1, 0.15) is 40.7 Å². The van der Waals surface area contributed by atoms with Crippen molar-refractivity contribution in [2.75, 3.05) is 23.7 Å². The van der Waals surface area contributed by atoms with Crippen molar-refractivity contribution in [1.82, 2.24) is 15.1 Å². The molecule has 2 aromatic carbocycles. The van der Waals surface area contributed by atoms with Crippen molar-refractivity contribution in [3.05, 3.63) is 65.2 Å². The summed E-state index contributed by atoms with van der Waals surface area (Å²) < 4.78 is 0. The summed E-state index contributed by atoms with van der Waals surface area (Å²) in [4.78, 5) is 14.6. The molecule has 8 heteroatoms. The molecule has 1 aromatic heterocycles.